The molecule has 0 atom stereocenters. The van der Waals surface area contributed by atoms with Crippen molar-refractivity contribution in [2.75, 3.05) is 12.3 Å². The second-order valence-electron chi connectivity index (χ2n) is 4.08. The van der Waals surface area contributed by atoms with E-state index in [0.717, 1.165) is 12.0 Å². The molecule has 0 spiro atoms. The van der Waals surface area contributed by atoms with E-state index in [0.29, 0.717) is 29.3 Å². The van der Waals surface area contributed by atoms with E-state index in [9.17, 15) is 4.39 Å². The highest BCUT2D eigenvalue weighted by atomic mass is 19.1. The number of halogens is 1. The minimum absolute atomic E-state index is 0.328. The second kappa shape index (κ2) is 3.48. The van der Waals surface area contributed by atoms with Crippen molar-refractivity contribution in [2.45, 2.75) is 6.42 Å². The average Bonchev–Trinajstić information content (AvgIpc) is 2.89. The predicted molar refractivity (Wildman–Crippen MR) is 62.2 cm³/mol. The second-order valence-corrected chi connectivity index (χ2v) is 4.08. The summed E-state index contributed by atoms with van der Waals surface area (Å²) in [6.45, 7) is 0.589. The maximum atomic E-state index is 13.9. The molecule has 5 heteroatoms. The summed E-state index contributed by atoms with van der Waals surface area (Å²) < 4.78 is 21.0. The van der Waals surface area contributed by atoms with E-state index in [1.54, 1.807) is 19.3 Å². The number of nitrogen functional groups attached to an aromatic ring is 1. The van der Waals surface area contributed by atoms with Crippen LogP contribution in [0.25, 0.3) is 11.1 Å². The standard InChI is InChI=1S/C12H12FN3O/c1-16-12(14)8(6-15-16)10-9(13)3-2-7-4-5-17-11(7)10/h2-3,6H,4-5,14H2,1H3. The van der Waals surface area contributed by atoms with Crippen LogP contribution in [0.3, 0.4) is 0 Å². The summed E-state index contributed by atoms with van der Waals surface area (Å²) in [7, 11) is 1.72. The highest BCUT2D eigenvalue weighted by Gasteiger charge is 2.23. The number of hydrogen-bond donors (Lipinski definition) is 1. The normalized spacial score (nSPS) is 13.5. The Labute approximate surface area is 97.8 Å². The summed E-state index contributed by atoms with van der Waals surface area (Å²) in [5, 5.41) is 4.03. The zero-order chi connectivity index (χ0) is 12.0. The maximum absolute atomic E-state index is 13.9. The number of benzene rings is 1. The lowest BCUT2D eigenvalue weighted by Crippen LogP contribution is -1.99. The molecule has 17 heavy (non-hydrogen) atoms. The van der Waals surface area contributed by atoms with Crippen LogP contribution in [0.5, 0.6) is 5.75 Å². The van der Waals surface area contributed by atoms with Crippen LogP contribution in [-0.4, -0.2) is 16.4 Å². The average molecular weight is 233 g/mol. The molecule has 2 aromatic rings. The van der Waals surface area contributed by atoms with Crippen molar-refractivity contribution in [2.24, 2.45) is 7.05 Å². The molecular formula is C12H12FN3O. The summed E-state index contributed by atoms with van der Waals surface area (Å²) in [6, 6.07) is 3.21. The largest absolute Gasteiger partial charge is 0.492 e. The van der Waals surface area contributed by atoms with E-state index in [4.69, 9.17) is 10.5 Å². The first-order chi connectivity index (χ1) is 8.18. The first-order valence-electron chi connectivity index (χ1n) is 5.40. The third-order valence-electron chi connectivity index (χ3n) is 3.06. The Balaban J connectivity index is 2.27. The van der Waals surface area contributed by atoms with Crippen LogP contribution < -0.4 is 10.5 Å². The van der Waals surface area contributed by atoms with Crippen molar-refractivity contribution in [1.82, 2.24) is 9.78 Å². The van der Waals surface area contributed by atoms with Crippen molar-refractivity contribution in [3.8, 4) is 16.9 Å². The number of rotatable bonds is 1. The fourth-order valence-corrected chi connectivity index (χ4v) is 2.12. The smallest absolute Gasteiger partial charge is 0.134 e. The Bertz CT molecular complexity index is 592. The molecule has 2 N–H and O–H groups in total. The van der Waals surface area contributed by atoms with Crippen molar-refractivity contribution in [3.05, 3.63) is 29.7 Å². The van der Waals surface area contributed by atoms with Gasteiger partial charge in [0.25, 0.3) is 0 Å². The molecule has 3 rings (SSSR count). The lowest BCUT2D eigenvalue weighted by atomic mass is 10.0. The molecule has 0 saturated heterocycles. The minimum Gasteiger partial charge on any atom is -0.492 e. The van der Waals surface area contributed by atoms with Gasteiger partial charge in [0.1, 0.15) is 17.4 Å². The van der Waals surface area contributed by atoms with E-state index >= 15 is 0 Å². The molecule has 88 valence electrons. The number of nitrogens with two attached hydrogens (primary N) is 1. The fourth-order valence-electron chi connectivity index (χ4n) is 2.12. The minimum atomic E-state index is -0.328. The van der Waals surface area contributed by atoms with E-state index < -0.39 is 0 Å². The van der Waals surface area contributed by atoms with Gasteiger partial charge in [-0.3, -0.25) is 4.68 Å². The maximum Gasteiger partial charge on any atom is 0.134 e. The number of ether oxygens (including phenoxy) is 1. The molecule has 1 aromatic carbocycles. The topological polar surface area (TPSA) is 53.1 Å². The number of aryl methyl sites for hydroxylation is 1. The number of aromatic nitrogens is 2. The molecular weight excluding hydrogens is 221 g/mol. The van der Waals surface area contributed by atoms with Crippen LogP contribution in [0.15, 0.2) is 18.3 Å². The summed E-state index contributed by atoms with van der Waals surface area (Å²) in [5.41, 5.74) is 7.90. The first-order valence-corrected chi connectivity index (χ1v) is 5.40. The lowest BCUT2D eigenvalue weighted by molar-refractivity contribution is 0.356. The Morgan fingerprint density at radius 1 is 1.47 bits per heavy atom. The first kappa shape index (κ1) is 10.1. The summed E-state index contributed by atoms with van der Waals surface area (Å²) in [5.74, 6) is 0.711. The monoisotopic (exact) mass is 233 g/mol. The summed E-state index contributed by atoms with van der Waals surface area (Å²) in [6.07, 6.45) is 2.37. The van der Waals surface area contributed by atoms with Crippen molar-refractivity contribution >= 4 is 5.82 Å². The Hall–Kier alpha value is -2.04. The molecule has 0 amide bonds. The van der Waals surface area contributed by atoms with Gasteiger partial charge in [0.2, 0.25) is 0 Å². The Morgan fingerprint density at radius 2 is 2.29 bits per heavy atom. The van der Waals surface area contributed by atoms with Crippen molar-refractivity contribution in [1.29, 1.82) is 0 Å². The number of fused-ring (bicyclic) bond motifs is 1. The van der Waals surface area contributed by atoms with Crippen LogP contribution in [0.1, 0.15) is 5.56 Å². The predicted octanol–water partition coefficient (Wildman–Crippen LogP) is 1.74. The zero-order valence-electron chi connectivity index (χ0n) is 9.40. The van der Waals surface area contributed by atoms with Gasteiger partial charge in [0.05, 0.1) is 23.9 Å². The van der Waals surface area contributed by atoms with Gasteiger partial charge in [-0.25, -0.2) is 4.39 Å². The highest BCUT2D eigenvalue weighted by molar-refractivity contribution is 5.80. The molecule has 0 fully saturated rings. The zero-order valence-corrected chi connectivity index (χ0v) is 9.40. The third kappa shape index (κ3) is 1.39. The van der Waals surface area contributed by atoms with Gasteiger partial charge in [-0.05, 0) is 11.6 Å². The molecule has 1 aliphatic heterocycles. The van der Waals surface area contributed by atoms with E-state index in [1.807, 2.05) is 0 Å². The molecule has 0 aliphatic carbocycles. The molecule has 2 heterocycles. The third-order valence-corrected chi connectivity index (χ3v) is 3.06. The van der Waals surface area contributed by atoms with E-state index in [2.05, 4.69) is 5.10 Å². The quantitative estimate of drug-likeness (QED) is 0.816. The Kier molecular flexibility index (Phi) is 2.07. The molecule has 1 aliphatic rings. The molecule has 0 radical (unpaired) electrons. The van der Waals surface area contributed by atoms with Gasteiger partial charge < -0.3 is 10.5 Å². The van der Waals surface area contributed by atoms with Crippen molar-refractivity contribution in [3.63, 3.8) is 0 Å². The van der Waals surface area contributed by atoms with Crippen LogP contribution in [-0.2, 0) is 13.5 Å². The number of anilines is 1. The van der Waals surface area contributed by atoms with Crippen LogP contribution >= 0.6 is 0 Å². The molecule has 0 bridgehead atoms. The highest BCUT2D eigenvalue weighted by Crippen LogP contribution is 2.40. The van der Waals surface area contributed by atoms with Gasteiger partial charge in [-0.2, -0.15) is 5.10 Å². The van der Waals surface area contributed by atoms with Crippen LogP contribution in [0, 0.1) is 5.82 Å². The molecule has 1 aromatic heterocycles. The fraction of sp³-hybridized carbons (Fsp3) is 0.250. The van der Waals surface area contributed by atoms with Gasteiger partial charge >= 0.3 is 0 Å². The van der Waals surface area contributed by atoms with Gasteiger partial charge in [0.15, 0.2) is 0 Å². The molecule has 4 nitrogen and oxygen atoms in total. The van der Waals surface area contributed by atoms with Crippen LogP contribution in [0.4, 0.5) is 10.2 Å². The lowest BCUT2D eigenvalue weighted by Gasteiger charge is -2.08. The van der Waals surface area contributed by atoms with Crippen molar-refractivity contribution < 1.29 is 9.13 Å². The van der Waals surface area contributed by atoms with E-state index in [1.165, 1.54) is 10.7 Å². The summed E-state index contributed by atoms with van der Waals surface area (Å²) in [4.78, 5) is 0. The number of hydrogen-bond acceptors (Lipinski definition) is 3. The van der Waals surface area contributed by atoms with Crippen LogP contribution in [0.2, 0.25) is 0 Å². The number of nitrogens with zero attached hydrogens (tertiary/aromatic N) is 2. The van der Waals surface area contributed by atoms with Gasteiger partial charge in [-0.15, -0.1) is 0 Å². The molecule has 0 unspecified atom stereocenters. The Morgan fingerprint density at radius 3 is 3.00 bits per heavy atom. The van der Waals surface area contributed by atoms with E-state index in [-0.39, 0.29) is 5.82 Å². The molecule has 0 saturated carbocycles. The SMILES string of the molecule is Cn1ncc(-c2c(F)ccc3c2OCC3)c1N. The van der Waals surface area contributed by atoms with Gasteiger partial charge in [0, 0.05) is 13.5 Å². The summed E-state index contributed by atoms with van der Waals surface area (Å²) >= 11 is 0. The van der Waals surface area contributed by atoms with Gasteiger partial charge in [-0.1, -0.05) is 6.07 Å².